The molecule has 7 heteroatoms. The summed E-state index contributed by atoms with van der Waals surface area (Å²) in [4.78, 5) is 21.9. The van der Waals surface area contributed by atoms with Crippen LogP contribution in [-0.4, -0.2) is 22.5 Å². The first-order valence-corrected chi connectivity index (χ1v) is 14.8. The van der Waals surface area contributed by atoms with Crippen LogP contribution in [0.1, 0.15) is 112 Å². The van der Waals surface area contributed by atoms with Crippen LogP contribution in [-0.2, 0) is 6.42 Å². The van der Waals surface area contributed by atoms with Gasteiger partial charge in [0.05, 0.1) is 12.2 Å². The molecule has 0 unspecified atom stereocenters. The van der Waals surface area contributed by atoms with E-state index in [1.54, 1.807) is 30.3 Å². The van der Waals surface area contributed by atoms with Crippen molar-refractivity contribution in [3.63, 3.8) is 0 Å². The van der Waals surface area contributed by atoms with E-state index in [0.29, 0.717) is 23.7 Å². The minimum Gasteiger partial charge on any atom is -0.492 e. The number of esters is 1. The Kier molecular flexibility index (Phi) is 13.3. The van der Waals surface area contributed by atoms with Gasteiger partial charge in [-0.3, -0.25) is 0 Å². The van der Waals surface area contributed by atoms with Gasteiger partial charge in [-0.25, -0.2) is 14.8 Å². The second-order valence-electron chi connectivity index (χ2n) is 10.2. The number of unbranched alkanes of at least 4 members (excludes halogenated alkanes) is 9. The van der Waals surface area contributed by atoms with Gasteiger partial charge in [-0.05, 0) is 49.1 Å². The molecule has 0 aliphatic rings. The molecule has 7 nitrogen and oxygen atoms in total. The maximum absolute atomic E-state index is 12.9. The molecule has 0 saturated carbocycles. The van der Waals surface area contributed by atoms with Crippen LogP contribution in [0, 0.1) is 22.7 Å². The zero-order chi connectivity index (χ0) is 29.3. The third-order valence-corrected chi connectivity index (χ3v) is 6.96. The standard InChI is InChI=1S/C34H40N4O3/c1-3-5-7-9-11-13-21-40-31-19-20-32(30(23-36)29(31)22-35)41-34(39)28-17-15-27(16-18-28)33-37-24-26(25-38-33)14-12-10-8-6-4-2/h15-20,24-25H,3-14,21H2,1-2H3. The van der Waals surface area contributed by atoms with E-state index in [0.717, 1.165) is 43.2 Å². The summed E-state index contributed by atoms with van der Waals surface area (Å²) >= 11 is 0. The summed E-state index contributed by atoms with van der Waals surface area (Å²) in [6, 6.07) is 13.9. The van der Waals surface area contributed by atoms with E-state index < -0.39 is 5.97 Å². The number of carbonyl (C=O) groups is 1. The van der Waals surface area contributed by atoms with Gasteiger partial charge in [0.2, 0.25) is 0 Å². The first kappa shape index (κ1) is 31.3. The van der Waals surface area contributed by atoms with Crippen molar-refractivity contribution in [2.45, 2.75) is 90.9 Å². The van der Waals surface area contributed by atoms with Crippen molar-refractivity contribution in [3.05, 3.63) is 71.0 Å². The molecule has 214 valence electrons. The van der Waals surface area contributed by atoms with Gasteiger partial charge in [0.15, 0.2) is 11.6 Å². The van der Waals surface area contributed by atoms with E-state index in [1.165, 1.54) is 51.0 Å². The van der Waals surface area contributed by atoms with Crippen LogP contribution in [0.5, 0.6) is 11.5 Å². The molecule has 0 radical (unpaired) electrons. The van der Waals surface area contributed by atoms with Crippen molar-refractivity contribution >= 4 is 5.97 Å². The minimum atomic E-state index is -0.628. The summed E-state index contributed by atoms with van der Waals surface area (Å²) in [5.74, 6) is 0.307. The van der Waals surface area contributed by atoms with Gasteiger partial charge in [-0.1, -0.05) is 83.8 Å². The number of nitriles is 2. The lowest BCUT2D eigenvalue weighted by molar-refractivity contribution is 0.0734. The average Bonchev–Trinajstić information content (AvgIpc) is 3.01. The van der Waals surface area contributed by atoms with E-state index >= 15 is 0 Å². The van der Waals surface area contributed by atoms with Gasteiger partial charge in [0.1, 0.15) is 29.0 Å². The van der Waals surface area contributed by atoms with Crippen molar-refractivity contribution in [2.75, 3.05) is 6.61 Å². The minimum absolute atomic E-state index is 0.0169. The number of carbonyl (C=O) groups excluding carboxylic acids is 1. The van der Waals surface area contributed by atoms with E-state index in [-0.39, 0.29) is 16.9 Å². The SMILES string of the molecule is CCCCCCCCOc1ccc(OC(=O)c2ccc(-c3ncc(CCCCCCC)cn3)cc2)c(C#N)c1C#N. The van der Waals surface area contributed by atoms with Crippen LogP contribution in [0.4, 0.5) is 0 Å². The normalized spacial score (nSPS) is 10.5. The highest BCUT2D eigenvalue weighted by molar-refractivity contribution is 5.92. The molecular formula is C34H40N4O3. The van der Waals surface area contributed by atoms with Crippen LogP contribution in [0.15, 0.2) is 48.8 Å². The molecular weight excluding hydrogens is 512 g/mol. The first-order valence-electron chi connectivity index (χ1n) is 14.8. The van der Waals surface area contributed by atoms with Crippen LogP contribution in [0.2, 0.25) is 0 Å². The highest BCUT2D eigenvalue weighted by Gasteiger charge is 2.19. The zero-order valence-electron chi connectivity index (χ0n) is 24.3. The number of aromatic nitrogens is 2. The van der Waals surface area contributed by atoms with E-state index in [9.17, 15) is 15.3 Å². The summed E-state index contributed by atoms with van der Waals surface area (Å²) in [7, 11) is 0. The Labute approximate surface area is 244 Å². The average molecular weight is 553 g/mol. The lowest BCUT2D eigenvalue weighted by Crippen LogP contribution is -2.10. The molecule has 0 atom stereocenters. The highest BCUT2D eigenvalue weighted by Crippen LogP contribution is 2.30. The molecule has 1 heterocycles. The quantitative estimate of drug-likeness (QED) is 0.0940. The molecule has 3 aromatic rings. The number of benzene rings is 2. The van der Waals surface area contributed by atoms with Gasteiger partial charge in [0, 0.05) is 18.0 Å². The van der Waals surface area contributed by atoms with Crippen LogP contribution >= 0.6 is 0 Å². The Bertz CT molecular complexity index is 1320. The summed E-state index contributed by atoms with van der Waals surface area (Å²) in [5, 5.41) is 19.4. The number of nitrogens with zero attached hydrogens (tertiary/aromatic N) is 4. The number of rotatable bonds is 17. The summed E-state index contributed by atoms with van der Waals surface area (Å²) in [6.07, 6.45) is 17.6. The molecule has 0 amide bonds. The van der Waals surface area contributed by atoms with Crippen molar-refractivity contribution in [3.8, 4) is 35.0 Å². The van der Waals surface area contributed by atoms with Crippen molar-refractivity contribution in [2.24, 2.45) is 0 Å². The topological polar surface area (TPSA) is 109 Å². The number of hydrogen-bond acceptors (Lipinski definition) is 7. The van der Waals surface area contributed by atoms with Crippen molar-refractivity contribution in [1.82, 2.24) is 9.97 Å². The summed E-state index contributed by atoms with van der Waals surface area (Å²) in [6.45, 7) is 4.86. The number of ether oxygens (including phenoxy) is 2. The Hall–Kier alpha value is -4.23. The largest absolute Gasteiger partial charge is 0.492 e. The van der Waals surface area contributed by atoms with E-state index in [1.807, 2.05) is 24.5 Å². The van der Waals surface area contributed by atoms with E-state index in [4.69, 9.17) is 9.47 Å². The number of hydrogen-bond donors (Lipinski definition) is 0. The molecule has 0 spiro atoms. The van der Waals surface area contributed by atoms with Gasteiger partial charge in [-0.2, -0.15) is 10.5 Å². The first-order chi connectivity index (χ1) is 20.1. The molecule has 0 fully saturated rings. The van der Waals surface area contributed by atoms with Gasteiger partial charge in [0.25, 0.3) is 0 Å². The maximum atomic E-state index is 12.9. The monoisotopic (exact) mass is 552 g/mol. The second kappa shape index (κ2) is 17.5. The molecule has 41 heavy (non-hydrogen) atoms. The fraction of sp³-hybridized carbons (Fsp3) is 0.441. The summed E-state index contributed by atoms with van der Waals surface area (Å²) < 4.78 is 11.3. The van der Waals surface area contributed by atoms with Crippen LogP contribution < -0.4 is 9.47 Å². The third kappa shape index (κ3) is 9.72. The van der Waals surface area contributed by atoms with Crippen LogP contribution in [0.25, 0.3) is 11.4 Å². The second-order valence-corrected chi connectivity index (χ2v) is 10.2. The molecule has 3 rings (SSSR count). The zero-order valence-corrected chi connectivity index (χ0v) is 24.3. The lowest BCUT2D eigenvalue weighted by Gasteiger charge is -2.12. The van der Waals surface area contributed by atoms with Gasteiger partial charge in [-0.15, -0.1) is 0 Å². The molecule has 0 saturated heterocycles. The maximum Gasteiger partial charge on any atom is 0.343 e. The Morgan fingerprint density at radius 2 is 1.29 bits per heavy atom. The molecule has 1 aromatic heterocycles. The highest BCUT2D eigenvalue weighted by atomic mass is 16.5. The summed E-state index contributed by atoms with van der Waals surface area (Å²) in [5.41, 5.74) is 2.27. The fourth-order valence-electron chi connectivity index (χ4n) is 4.54. The lowest BCUT2D eigenvalue weighted by atomic mass is 10.1. The Morgan fingerprint density at radius 1 is 0.732 bits per heavy atom. The molecule has 2 aromatic carbocycles. The molecule has 0 bridgehead atoms. The predicted octanol–water partition coefficient (Wildman–Crippen LogP) is 8.36. The Morgan fingerprint density at radius 3 is 1.93 bits per heavy atom. The van der Waals surface area contributed by atoms with Crippen LogP contribution in [0.3, 0.4) is 0 Å². The van der Waals surface area contributed by atoms with Crippen molar-refractivity contribution < 1.29 is 14.3 Å². The smallest absolute Gasteiger partial charge is 0.343 e. The molecule has 0 aliphatic carbocycles. The Balaban J connectivity index is 1.59. The predicted molar refractivity (Wildman–Crippen MR) is 160 cm³/mol. The van der Waals surface area contributed by atoms with Gasteiger partial charge < -0.3 is 9.47 Å². The van der Waals surface area contributed by atoms with Crippen molar-refractivity contribution in [1.29, 1.82) is 10.5 Å². The molecule has 0 aliphatic heterocycles. The van der Waals surface area contributed by atoms with Gasteiger partial charge >= 0.3 is 5.97 Å². The fourth-order valence-corrected chi connectivity index (χ4v) is 4.54. The number of aryl methyl sites for hydroxylation is 1. The molecule has 0 N–H and O–H groups in total. The van der Waals surface area contributed by atoms with E-state index in [2.05, 4.69) is 23.8 Å². The third-order valence-electron chi connectivity index (χ3n) is 6.96.